The van der Waals surface area contributed by atoms with Gasteiger partial charge in [0.25, 0.3) is 0 Å². The molecule has 1 atom stereocenters. The topological polar surface area (TPSA) is 15.7 Å². The molecule has 0 bridgehead atoms. The molecule has 0 saturated heterocycles. The van der Waals surface area contributed by atoms with E-state index in [1.54, 1.807) is 0 Å². The van der Waals surface area contributed by atoms with Crippen LogP contribution in [0, 0.1) is 0 Å². The van der Waals surface area contributed by atoms with E-state index < -0.39 is 16.1 Å². The summed E-state index contributed by atoms with van der Waals surface area (Å²) in [7, 11) is 5.10. The molecule has 0 aliphatic rings. The maximum atomic E-state index is 7.32. The first-order valence-corrected chi connectivity index (χ1v) is 18.0. The summed E-state index contributed by atoms with van der Waals surface area (Å²) >= 11 is 0. The Morgan fingerprint density at radius 1 is 0.722 bits per heavy atom. The van der Waals surface area contributed by atoms with Crippen LogP contribution >= 0.6 is 0 Å². The predicted octanol–water partition coefficient (Wildman–Crippen LogP) is 6.22. The molecule has 4 aromatic carbocycles. The van der Waals surface area contributed by atoms with Gasteiger partial charge >= 0.3 is 0 Å². The van der Waals surface area contributed by atoms with Gasteiger partial charge in [-0.05, 0) is 48.0 Å². The number of hydrogen-bond donors (Lipinski definition) is 0. The van der Waals surface area contributed by atoms with E-state index in [9.17, 15) is 0 Å². The number of rotatable bonds is 9. The normalized spacial score (nSPS) is 13.5. The molecule has 0 aromatic heterocycles. The van der Waals surface area contributed by atoms with Gasteiger partial charge in [0.2, 0.25) is 7.83 Å². The van der Waals surface area contributed by atoms with Crippen LogP contribution in [0.15, 0.2) is 72.8 Å². The minimum Gasteiger partial charge on any atom is -0.413 e. The van der Waals surface area contributed by atoms with E-state index >= 15 is 0 Å². The molecule has 0 heterocycles. The number of benzene rings is 4. The molecule has 5 heteroatoms. The van der Waals surface area contributed by atoms with Crippen molar-refractivity contribution in [3.63, 3.8) is 0 Å². The fourth-order valence-corrected chi connectivity index (χ4v) is 19.2. The number of anilines is 2. The van der Waals surface area contributed by atoms with Crippen LogP contribution in [-0.2, 0) is 4.43 Å². The van der Waals surface area contributed by atoms with E-state index in [1.807, 2.05) is 0 Å². The maximum absolute atomic E-state index is 7.32. The van der Waals surface area contributed by atoms with E-state index in [4.69, 9.17) is 4.43 Å². The molecule has 0 aliphatic carbocycles. The minimum absolute atomic E-state index is 0.174. The fraction of sp³-hybridized carbons (Fsp3) is 0.355. The van der Waals surface area contributed by atoms with Crippen molar-refractivity contribution in [2.24, 2.45) is 0 Å². The third kappa shape index (κ3) is 4.60. The summed E-state index contributed by atoms with van der Waals surface area (Å²) in [5, 5.41) is 8.41. The molecule has 0 fully saturated rings. The minimum atomic E-state index is -2.44. The Hall–Kier alpha value is -2.61. The third-order valence-electron chi connectivity index (χ3n) is 7.27. The van der Waals surface area contributed by atoms with Crippen LogP contribution in [0.4, 0.5) is 11.4 Å². The Bertz CT molecular complexity index is 1340. The molecule has 0 aliphatic heterocycles. The van der Waals surface area contributed by atoms with Crippen LogP contribution in [0.3, 0.4) is 0 Å². The Kier molecular flexibility index (Phi) is 7.93. The van der Waals surface area contributed by atoms with Gasteiger partial charge in [-0.3, -0.25) is 0 Å². The molecule has 1 radical (unpaired) electrons. The second-order valence-corrected chi connectivity index (χ2v) is 19.9. The van der Waals surface area contributed by atoms with Crippen molar-refractivity contribution in [3.05, 3.63) is 72.8 Å². The average molecular weight is 514 g/mol. The van der Waals surface area contributed by atoms with Crippen molar-refractivity contribution in [1.82, 2.24) is 0 Å². The van der Waals surface area contributed by atoms with Crippen LogP contribution < -0.4 is 20.2 Å². The van der Waals surface area contributed by atoms with Crippen molar-refractivity contribution in [1.29, 1.82) is 0 Å². The summed E-state index contributed by atoms with van der Waals surface area (Å²) < 4.78 is 7.32. The molecular weight excluding hydrogens is 473 g/mol. The number of nitrogens with zero attached hydrogens (tertiary/aromatic N) is 2. The fourth-order valence-electron chi connectivity index (χ4n) is 5.86. The lowest BCUT2D eigenvalue weighted by Gasteiger charge is -2.40. The number of hydrogen-bond acceptors (Lipinski definition) is 3. The van der Waals surface area contributed by atoms with Crippen molar-refractivity contribution in [2.75, 3.05) is 38.0 Å². The zero-order valence-corrected chi connectivity index (χ0v) is 25.2. The Morgan fingerprint density at radius 2 is 1.22 bits per heavy atom. The van der Waals surface area contributed by atoms with Gasteiger partial charge in [-0.2, -0.15) is 0 Å². The van der Waals surface area contributed by atoms with Gasteiger partial charge < -0.3 is 14.2 Å². The number of fused-ring (bicyclic) bond motifs is 2. The van der Waals surface area contributed by atoms with Crippen LogP contribution in [0.1, 0.15) is 27.7 Å². The highest BCUT2D eigenvalue weighted by Gasteiger charge is 2.47. The highest BCUT2D eigenvalue weighted by Crippen LogP contribution is 2.32. The van der Waals surface area contributed by atoms with Gasteiger partial charge in [0.1, 0.15) is 8.31 Å². The van der Waals surface area contributed by atoms with Gasteiger partial charge in [0.05, 0.1) is 0 Å². The van der Waals surface area contributed by atoms with Gasteiger partial charge in [-0.1, -0.05) is 85.7 Å². The first kappa shape index (κ1) is 26.5. The summed E-state index contributed by atoms with van der Waals surface area (Å²) in [5.74, 6) is 0. The molecule has 3 nitrogen and oxygen atoms in total. The highest BCUT2D eigenvalue weighted by molar-refractivity contribution is 7.41. The summed E-state index contributed by atoms with van der Waals surface area (Å²) in [6.45, 7) is 9.21. The zero-order chi connectivity index (χ0) is 26.0. The van der Waals surface area contributed by atoms with Gasteiger partial charge in [0, 0.05) is 56.4 Å². The smallest absolute Gasteiger partial charge is 0.214 e. The molecule has 0 spiro atoms. The van der Waals surface area contributed by atoms with E-state index in [2.05, 4.69) is 138 Å². The molecule has 4 aromatic rings. The lowest BCUT2D eigenvalue weighted by atomic mass is 10.1. The molecule has 4 rings (SSSR count). The third-order valence-corrected chi connectivity index (χ3v) is 20.2. The first-order valence-electron chi connectivity index (χ1n) is 13.2. The molecule has 0 unspecified atom stereocenters. The van der Waals surface area contributed by atoms with Crippen LogP contribution in [0.2, 0.25) is 12.1 Å². The summed E-state index contributed by atoms with van der Waals surface area (Å²) in [6, 6.07) is 29.5. The first-order chi connectivity index (χ1) is 17.2. The second kappa shape index (κ2) is 10.8. The van der Waals surface area contributed by atoms with Crippen LogP contribution in [-0.4, -0.2) is 50.4 Å². The summed E-state index contributed by atoms with van der Waals surface area (Å²) in [4.78, 5) is 4.53. The summed E-state index contributed by atoms with van der Waals surface area (Å²) in [5.41, 5.74) is 2.58. The van der Waals surface area contributed by atoms with Crippen molar-refractivity contribution in [3.8, 4) is 0 Å². The van der Waals surface area contributed by atoms with Gasteiger partial charge in [0.15, 0.2) is 0 Å². The van der Waals surface area contributed by atoms with Crippen LogP contribution in [0.25, 0.3) is 21.5 Å². The van der Waals surface area contributed by atoms with Gasteiger partial charge in [-0.25, -0.2) is 0 Å². The molecular formula is C31H41N2OSi2. The molecule has 0 amide bonds. The Labute approximate surface area is 220 Å². The van der Waals surface area contributed by atoms with E-state index in [-0.39, 0.29) is 6.10 Å². The van der Waals surface area contributed by atoms with E-state index in [0.717, 1.165) is 12.1 Å². The van der Waals surface area contributed by atoms with E-state index in [0.29, 0.717) is 0 Å². The monoisotopic (exact) mass is 513 g/mol. The Morgan fingerprint density at radius 3 is 1.72 bits per heavy atom. The molecule has 0 saturated carbocycles. The Balaban J connectivity index is 2.11. The zero-order valence-electron chi connectivity index (χ0n) is 23.2. The SMILES string of the molecule is CC[Si](c1cccc2cccc(N(C)C)c12)[Si@](CC)(OC(C)C)c1cccc2cccc(N(C)C)c12. The highest BCUT2D eigenvalue weighted by atomic mass is 29.2. The lowest BCUT2D eigenvalue weighted by molar-refractivity contribution is 0.242. The van der Waals surface area contributed by atoms with Gasteiger partial charge in [-0.15, -0.1) is 0 Å². The second-order valence-electron chi connectivity index (χ2n) is 10.3. The molecule has 36 heavy (non-hydrogen) atoms. The molecule has 0 N–H and O–H groups in total. The van der Waals surface area contributed by atoms with Crippen molar-refractivity contribution >= 4 is 59.4 Å². The maximum Gasteiger partial charge on any atom is 0.214 e. The van der Waals surface area contributed by atoms with Crippen molar-refractivity contribution in [2.45, 2.75) is 45.9 Å². The molecule has 189 valence electrons. The predicted molar refractivity (Wildman–Crippen MR) is 165 cm³/mol. The summed E-state index contributed by atoms with van der Waals surface area (Å²) in [6.07, 6.45) is 0.174. The van der Waals surface area contributed by atoms with Crippen LogP contribution in [0.5, 0.6) is 0 Å². The van der Waals surface area contributed by atoms with Crippen molar-refractivity contribution < 1.29 is 4.43 Å². The standard InChI is InChI=1S/C31H41N2OSi2/c1-9-35(28-21-13-17-24-15-11-19-26(30(24)28)32(5)6)36(10-2,34-23(3)4)29-22-14-18-25-16-12-20-27(31(25)29)33(7)8/h11-23H,9-10H2,1-8H3/t36-/m0/s1. The lowest BCUT2D eigenvalue weighted by Crippen LogP contribution is -2.68. The largest absolute Gasteiger partial charge is 0.413 e. The average Bonchev–Trinajstić information content (AvgIpc) is 2.87. The van der Waals surface area contributed by atoms with E-state index in [1.165, 1.54) is 43.3 Å². The quantitative estimate of drug-likeness (QED) is 0.247.